The second-order valence-corrected chi connectivity index (χ2v) is 7.71. The molecule has 0 radical (unpaired) electrons. The molecular formula is C18H22ClFN2O. The molecule has 5 rings (SSSR count). The van der Waals surface area contributed by atoms with Gasteiger partial charge in [-0.15, -0.1) is 0 Å². The Morgan fingerprint density at radius 3 is 2.74 bits per heavy atom. The van der Waals surface area contributed by atoms with Crippen LogP contribution in [0, 0.1) is 17.7 Å². The van der Waals surface area contributed by atoms with Gasteiger partial charge in [0.1, 0.15) is 5.82 Å². The van der Waals surface area contributed by atoms with Crippen LogP contribution >= 0.6 is 11.6 Å². The first-order chi connectivity index (χ1) is 11.1. The highest BCUT2D eigenvalue weighted by Gasteiger charge is 2.42. The lowest BCUT2D eigenvalue weighted by Crippen LogP contribution is -2.48. The van der Waals surface area contributed by atoms with Gasteiger partial charge < -0.3 is 4.90 Å². The summed E-state index contributed by atoms with van der Waals surface area (Å²) in [6.07, 6.45) is 4.67. The Labute approximate surface area is 141 Å². The molecule has 23 heavy (non-hydrogen) atoms. The molecule has 0 N–H and O–H groups in total. The Hall–Kier alpha value is -1.13. The molecule has 2 bridgehead atoms. The maximum absolute atomic E-state index is 13.3. The number of rotatable bonds is 4. The van der Waals surface area contributed by atoms with Gasteiger partial charge in [-0.05, 0) is 49.3 Å². The molecule has 4 fully saturated rings. The molecule has 3 saturated heterocycles. The van der Waals surface area contributed by atoms with E-state index in [1.165, 1.54) is 18.9 Å². The SMILES string of the molecule is O=C1[C@H]2CC[C@H](CN(Cc3ccc(F)c(Cl)c3)C2)N1CC1CC1. The molecule has 0 aromatic heterocycles. The van der Waals surface area contributed by atoms with Crippen LogP contribution in [0.4, 0.5) is 4.39 Å². The van der Waals surface area contributed by atoms with Crippen LogP contribution in [-0.2, 0) is 11.3 Å². The minimum Gasteiger partial charge on any atom is -0.338 e. The predicted molar refractivity (Wildman–Crippen MR) is 87.6 cm³/mol. The summed E-state index contributed by atoms with van der Waals surface area (Å²) >= 11 is 5.89. The topological polar surface area (TPSA) is 23.6 Å². The van der Waals surface area contributed by atoms with Crippen molar-refractivity contribution in [2.24, 2.45) is 11.8 Å². The van der Waals surface area contributed by atoms with E-state index in [0.29, 0.717) is 11.9 Å². The van der Waals surface area contributed by atoms with Crippen LogP contribution < -0.4 is 0 Å². The zero-order valence-corrected chi connectivity index (χ0v) is 13.9. The van der Waals surface area contributed by atoms with Gasteiger partial charge in [0.05, 0.1) is 10.9 Å². The van der Waals surface area contributed by atoms with Gasteiger partial charge >= 0.3 is 0 Å². The van der Waals surface area contributed by atoms with Crippen molar-refractivity contribution in [2.75, 3.05) is 19.6 Å². The van der Waals surface area contributed by atoms with Gasteiger partial charge in [0, 0.05) is 32.2 Å². The molecule has 1 aromatic rings. The molecule has 3 heterocycles. The van der Waals surface area contributed by atoms with Crippen molar-refractivity contribution in [2.45, 2.75) is 38.3 Å². The normalized spacial score (nSPS) is 28.3. The van der Waals surface area contributed by atoms with E-state index in [-0.39, 0.29) is 16.8 Å². The number of nitrogens with zero attached hydrogens (tertiary/aromatic N) is 2. The minimum absolute atomic E-state index is 0.128. The first kappa shape index (κ1) is 15.4. The molecule has 1 saturated carbocycles. The molecule has 1 amide bonds. The van der Waals surface area contributed by atoms with Crippen LogP contribution in [0.15, 0.2) is 18.2 Å². The number of halogens is 2. The lowest BCUT2D eigenvalue weighted by atomic mass is 9.94. The second kappa shape index (κ2) is 6.06. The fourth-order valence-corrected chi connectivity index (χ4v) is 4.18. The maximum atomic E-state index is 13.3. The monoisotopic (exact) mass is 336 g/mol. The van der Waals surface area contributed by atoms with Gasteiger partial charge in [-0.1, -0.05) is 17.7 Å². The quantitative estimate of drug-likeness (QED) is 0.842. The summed E-state index contributed by atoms with van der Waals surface area (Å²) in [6, 6.07) is 5.26. The summed E-state index contributed by atoms with van der Waals surface area (Å²) in [7, 11) is 0. The third-order valence-electron chi connectivity index (χ3n) is 5.41. The van der Waals surface area contributed by atoms with Crippen molar-refractivity contribution in [3.63, 3.8) is 0 Å². The van der Waals surface area contributed by atoms with Crippen molar-refractivity contribution < 1.29 is 9.18 Å². The summed E-state index contributed by atoms with van der Waals surface area (Å²) in [5.41, 5.74) is 1.01. The van der Waals surface area contributed by atoms with Gasteiger partial charge in [0.2, 0.25) is 5.91 Å². The van der Waals surface area contributed by atoms with Gasteiger partial charge in [-0.2, -0.15) is 0 Å². The first-order valence-corrected chi connectivity index (χ1v) is 8.94. The number of hydrogen-bond donors (Lipinski definition) is 0. The van der Waals surface area contributed by atoms with Crippen molar-refractivity contribution in [1.82, 2.24) is 9.80 Å². The van der Waals surface area contributed by atoms with E-state index in [9.17, 15) is 9.18 Å². The molecule has 3 aliphatic heterocycles. The third kappa shape index (κ3) is 3.24. The Morgan fingerprint density at radius 2 is 2.00 bits per heavy atom. The second-order valence-electron chi connectivity index (χ2n) is 7.30. The Morgan fingerprint density at radius 1 is 1.17 bits per heavy atom. The van der Waals surface area contributed by atoms with E-state index in [1.54, 1.807) is 12.1 Å². The Balaban J connectivity index is 1.48. The fraction of sp³-hybridized carbons (Fsp3) is 0.611. The lowest BCUT2D eigenvalue weighted by molar-refractivity contribution is -0.140. The van der Waals surface area contributed by atoms with Crippen LogP contribution in [0.2, 0.25) is 5.02 Å². The van der Waals surface area contributed by atoms with Crippen LogP contribution in [0.3, 0.4) is 0 Å². The average molecular weight is 337 g/mol. The van der Waals surface area contributed by atoms with E-state index in [1.807, 2.05) is 0 Å². The molecule has 5 heteroatoms. The van der Waals surface area contributed by atoms with E-state index >= 15 is 0 Å². The largest absolute Gasteiger partial charge is 0.338 e. The van der Waals surface area contributed by atoms with Crippen LogP contribution in [0.1, 0.15) is 31.2 Å². The van der Waals surface area contributed by atoms with E-state index in [4.69, 9.17) is 11.6 Å². The van der Waals surface area contributed by atoms with Crippen LogP contribution in [0.25, 0.3) is 0 Å². The zero-order valence-electron chi connectivity index (χ0n) is 13.2. The highest BCUT2D eigenvalue weighted by Crippen LogP contribution is 2.35. The number of carbonyl (C=O) groups is 1. The number of hydrogen-bond acceptors (Lipinski definition) is 2. The third-order valence-corrected chi connectivity index (χ3v) is 5.70. The zero-order chi connectivity index (χ0) is 16.0. The molecule has 0 spiro atoms. The Kier molecular flexibility index (Phi) is 4.06. The first-order valence-electron chi connectivity index (χ1n) is 8.57. The van der Waals surface area contributed by atoms with Crippen molar-refractivity contribution in [1.29, 1.82) is 0 Å². The summed E-state index contributed by atoms with van der Waals surface area (Å²) in [4.78, 5) is 17.2. The van der Waals surface area contributed by atoms with Crippen molar-refractivity contribution in [3.05, 3.63) is 34.6 Å². The number of benzene rings is 1. The van der Waals surface area contributed by atoms with Crippen molar-refractivity contribution >= 4 is 17.5 Å². The molecule has 3 nitrogen and oxygen atoms in total. The number of amides is 1. The standard InChI is InChI=1S/C18H22ClFN2O/c19-16-7-13(3-6-17(16)20)8-21-10-14-4-5-15(11-21)22(18(14)23)9-12-1-2-12/h3,6-7,12,14-15H,1-2,4-5,8-11H2/t14-,15+/m0/s1. The van der Waals surface area contributed by atoms with Crippen LogP contribution in [-0.4, -0.2) is 41.4 Å². The number of piperidine rings is 1. The summed E-state index contributed by atoms with van der Waals surface area (Å²) < 4.78 is 13.3. The van der Waals surface area contributed by atoms with Crippen LogP contribution in [0.5, 0.6) is 0 Å². The molecule has 1 aromatic carbocycles. The number of carbonyl (C=O) groups excluding carboxylic acids is 1. The van der Waals surface area contributed by atoms with Gasteiger partial charge in [-0.25, -0.2) is 4.39 Å². The molecular weight excluding hydrogens is 315 g/mol. The molecule has 0 unspecified atom stereocenters. The Bertz CT molecular complexity index is 619. The summed E-state index contributed by atoms with van der Waals surface area (Å²) in [5, 5.41) is 0.173. The average Bonchev–Trinajstić information content (AvgIpc) is 3.34. The summed E-state index contributed by atoms with van der Waals surface area (Å²) in [6.45, 7) is 3.42. The van der Waals surface area contributed by atoms with Crippen molar-refractivity contribution in [3.8, 4) is 0 Å². The molecule has 1 aliphatic carbocycles. The van der Waals surface area contributed by atoms with E-state index in [2.05, 4.69) is 9.80 Å². The lowest BCUT2D eigenvalue weighted by Gasteiger charge is -2.36. The smallest absolute Gasteiger partial charge is 0.227 e. The summed E-state index contributed by atoms with van der Waals surface area (Å²) in [5.74, 6) is 0.844. The highest BCUT2D eigenvalue weighted by atomic mass is 35.5. The number of fused-ring (bicyclic) bond motifs is 4. The van der Waals surface area contributed by atoms with Gasteiger partial charge in [0.25, 0.3) is 0 Å². The molecule has 124 valence electrons. The predicted octanol–water partition coefficient (Wildman–Crippen LogP) is 3.31. The van der Waals surface area contributed by atoms with E-state index in [0.717, 1.165) is 50.5 Å². The molecule has 4 aliphatic rings. The van der Waals surface area contributed by atoms with E-state index < -0.39 is 0 Å². The minimum atomic E-state index is -0.378. The maximum Gasteiger partial charge on any atom is 0.227 e. The van der Waals surface area contributed by atoms with Gasteiger partial charge in [0.15, 0.2) is 0 Å². The molecule has 2 atom stereocenters. The highest BCUT2D eigenvalue weighted by molar-refractivity contribution is 6.30. The fourth-order valence-electron chi connectivity index (χ4n) is 3.97. The van der Waals surface area contributed by atoms with Gasteiger partial charge in [-0.3, -0.25) is 9.69 Å².